The van der Waals surface area contributed by atoms with Crippen LogP contribution in [0, 0.1) is 0 Å². The predicted molar refractivity (Wildman–Crippen MR) is 101 cm³/mol. The molecule has 0 aromatic carbocycles. The lowest BCUT2D eigenvalue weighted by atomic mass is 10.00. The van der Waals surface area contributed by atoms with Gasteiger partial charge in [0.2, 0.25) is 0 Å². The van der Waals surface area contributed by atoms with Crippen molar-refractivity contribution in [2.24, 2.45) is 0 Å². The minimum Gasteiger partial charge on any atom is -0.373 e. The molecule has 0 bridgehead atoms. The molecule has 2 aromatic heterocycles. The Morgan fingerprint density at radius 3 is 2.60 bits per heavy atom. The van der Waals surface area contributed by atoms with Gasteiger partial charge in [0.15, 0.2) is 10.8 Å². The summed E-state index contributed by atoms with van der Waals surface area (Å²) in [5.74, 6) is 0.690. The second-order valence-corrected chi connectivity index (χ2v) is 8.15. The molecule has 0 spiro atoms. The van der Waals surface area contributed by atoms with Crippen LogP contribution in [0.5, 0.6) is 0 Å². The first kappa shape index (κ1) is 18.4. The zero-order valence-corrected chi connectivity index (χ0v) is 16.2. The molecular formula is C18H27N5OS. The number of aromatic nitrogens is 3. The second-order valence-electron chi connectivity index (χ2n) is 7.29. The average Bonchev–Trinajstić information content (AvgIpc) is 3.03. The Hall–Kier alpha value is -1.41. The fourth-order valence-corrected chi connectivity index (χ4v) is 3.95. The van der Waals surface area contributed by atoms with Crippen LogP contribution in [0.4, 0.5) is 0 Å². The number of hydrogen-bond acceptors (Lipinski definition) is 7. The van der Waals surface area contributed by atoms with E-state index < -0.39 is 0 Å². The van der Waals surface area contributed by atoms with E-state index in [9.17, 15) is 0 Å². The molecule has 3 rings (SSSR count). The van der Waals surface area contributed by atoms with Gasteiger partial charge in [-0.15, -0.1) is 11.3 Å². The predicted octanol–water partition coefficient (Wildman–Crippen LogP) is 2.58. The van der Waals surface area contributed by atoms with Crippen molar-refractivity contribution in [3.63, 3.8) is 0 Å². The Morgan fingerprint density at radius 2 is 1.92 bits per heavy atom. The SMILES string of the molecule is C[C@H]1CN(C(C)(C)CNCc2csc(-c3ncccn3)n2)C[C@H](C)O1. The smallest absolute Gasteiger partial charge is 0.188 e. The maximum atomic E-state index is 5.85. The molecule has 1 aliphatic rings. The molecule has 2 aromatic rings. The van der Waals surface area contributed by atoms with Crippen molar-refractivity contribution in [2.75, 3.05) is 19.6 Å². The van der Waals surface area contributed by atoms with Gasteiger partial charge in [0.25, 0.3) is 0 Å². The van der Waals surface area contributed by atoms with Gasteiger partial charge in [0, 0.05) is 49.5 Å². The van der Waals surface area contributed by atoms with Crippen molar-refractivity contribution in [1.82, 2.24) is 25.2 Å². The molecule has 1 saturated heterocycles. The number of nitrogens with one attached hydrogen (secondary N) is 1. The molecule has 6 nitrogen and oxygen atoms in total. The molecule has 3 heterocycles. The number of ether oxygens (including phenoxy) is 1. The highest BCUT2D eigenvalue weighted by Gasteiger charge is 2.32. The number of nitrogens with zero attached hydrogens (tertiary/aromatic N) is 4. The third-order valence-electron chi connectivity index (χ3n) is 4.45. The van der Waals surface area contributed by atoms with Gasteiger partial charge in [-0.1, -0.05) is 0 Å². The van der Waals surface area contributed by atoms with E-state index in [1.165, 1.54) is 0 Å². The van der Waals surface area contributed by atoms with E-state index in [0.717, 1.165) is 36.9 Å². The van der Waals surface area contributed by atoms with Crippen molar-refractivity contribution in [1.29, 1.82) is 0 Å². The van der Waals surface area contributed by atoms with E-state index in [1.54, 1.807) is 23.7 Å². The molecule has 0 amide bonds. The van der Waals surface area contributed by atoms with E-state index in [2.05, 4.69) is 58.2 Å². The molecule has 0 unspecified atom stereocenters. The van der Waals surface area contributed by atoms with E-state index >= 15 is 0 Å². The summed E-state index contributed by atoms with van der Waals surface area (Å²) in [7, 11) is 0. The maximum absolute atomic E-state index is 5.85. The molecule has 136 valence electrons. The lowest BCUT2D eigenvalue weighted by molar-refractivity contribution is -0.0952. The highest BCUT2D eigenvalue weighted by Crippen LogP contribution is 2.22. The van der Waals surface area contributed by atoms with E-state index in [4.69, 9.17) is 4.74 Å². The van der Waals surface area contributed by atoms with Crippen LogP contribution in [0.3, 0.4) is 0 Å². The summed E-state index contributed by atoms with van der Waals surface area (Å²) in [6.07, 6.45) is 4.06. The number of hydrogen-bond donors (Lipinski definition) is 1. The molecule has 1 N–H and O–H groups in total. The molecule has 0 radical (unpaired) electrons. The van der Waals surface area contributed by atoms with Gasteiger partial charge in [0.1, 0.15) is 0 Å². The fraction of sp³-hybridized carbons (Fsp3) is 0.611. The highest BCUT2D eigenvalue weighted by molar-refractivity contribution is 7.13. The quantitative estimate of drug-likeness (QED) is 0.853. The first-order valence-electron chi connectivity index (χ1n) is 8.77. The van der Waals surface area contributed by atoms with Gasteiger partial charge in [0.05, 0.1) is 17.9 Å². The molecular weight excluding hydrogens is 334 g/mol. The van der Waals surface area contributed by atoms with Crippen molar-refractivity contribution in [3.8, 4) is 10.8 Å². The zero-order chi connectivity index (χ0) is 17.9. The number of thiazole rings is 1. The van der Waals surface area contributed by atoms with Crippen molar-refractivity contribution in [3.05, 3.63) is 29.5 Å². The third-order valence-corrected chi connectivity index (χ3v) is 5.34. The van der Waals surface area contributed by atoms with Crippen molar-refractivity contribution < 1.29 is 4.74 Å². The Kier molecular flexibility index (Phi) is 5.78. The first-order valence-corrected chi connectivity index (χ1v) is 9.65. The van der Waals surface area contributed by atoms with Crippen LogP contribution in [-0.2, 0) is 11.3 Å². The lowest BCUT2D eigenvalue weighted by Gasteiger charge is -2.45. The van der Waals surface area contributed by atoms with Gasteiger partial charge >= 0.3 is 0 Å². The topological polar surface area (TPSA) is 63.2 Å². The van der Waals surface area contributed by atoms with Crippen LogP contribution in [0.2, 0.25) is 0 Å². The van der Waals surface area contributed by atoms with Crippen LogP contribution in [0.25, 0.3) is 10.8 Å². The second kappa shape index (κ2) is 7.86. The molecule has 0 saturated carbocycles. The summed E-state index contributed by atoms with van der Waals surface area (Å²) >= 11 is 1.59. The molecule has 25 heavy (non-hydrogen) atoms. The molecule has 2 atom stereocenters. The Bertz CT molecular complexity index is 665. The van der Waals surface area contributed by atoms with Gasteiger partial charge in [-0.05, 0) is 33.8 Å². The molecule has 1 aliphatic heterocycles. The van der Waals surface area contributed by atoms with Gasteiger partial charge < -0.3 is 10.1 Å². The maximum Gasteiger partial charge on any atom is 0.188 e. The minimum atomic E-state index is 0.0771. The van der Waals surface area contributed by atoms with Crippen LogP contribution < -0.4 is 5.32 Å². The summed E-state index contributed by atoms with van der Waals surface area (Å²) in [5, 5.41) is 6.50. The minimum absolute atomic E-state index is 0.0771. The molecule has 0 aliphatic carbocycles. The highest BCUT2D eigenvalue weighted by atomic mass is 32.1. The Balaban J connectivity index is 1.53. The molecule has 1 fully saturated rings. The third kappa shape index (κ3) is 4.82. The van der Waals surface area contributed by atoms with E-state index in [0.29, 0.717) is 5.82 Å². The monoisotopic (exact) mass is 361 g/mol. The van der Waals surface area contributed by atoms with Gasteiger partial charge in [-0.2, -0.15) is 0 Å². The van der Waals surface area contributed by atoms with Crippen molar-refractivity contribution >= 4 is 11.3 Å². The van der Waals surface area contributed by atoms with Crippen LogP contribution in [0.1, 0.15) is 33.4 Å². The largest absolute Gasteiger partial charge is 0.373 e. The number of morpholine rings is 1. The standard InChI is InChI=1S/C18H27N5OS/c1-13-9-23(10-14(2)24-13)18(3,4)12-19-8-15-11-25-17(22-15)16-20-6-5-7-21-16/h5-7,11,13-14,19H,8-10,12H2,1-4H3/t13-,14-/m0/s1. The van der Waals surface area contributed by atoms with E-state index in [1.807, 2.05) is 6.07 Å². The summed E-state index contributed by atoms with van der Waals surface area (Å²) in [6.45, 7) is 12.5. The van der Waals surface area contributed by atoms with Crippen LogP contribution in [-0.4, -0.2) is 57.2 Å². The fourth-order valence-electron chi connectivity index (χ4n) is 3.18. The van der Waals surface area contributed by atoms with E-state index in [-0.39, 0.29) is 17.7 Å². The summed E-state index contributed by atoms with van der Waals surface area (Å²) < 4.78 is 5.85. The summed E-state index contributed by atoms with van der Waals surface area (Å²) in [5.41, 5.74) is 1.11. The molecule has 7 heteroatoms. The van der Waals surface area contributed by atoms with Gasteiger partial charge in [-0.25, -0.2) is 15.0 Å². The zero-order valence-electron chi connectivity index (χ0n) is 15.4. The average molecular weight is 362 g/mol. The van der Waals surface area contributed by atoms with Crippen molar-refractivity contribution in [2.45, 2.75) is 52.0 Å². The first-order chi connectivity index (χ1) is 11.9. The lowest BCUT2D eigenvalue weighted by Crippen LogP contribution is -2.58. The Labute approximate surface area is 153 Å². The Morgan fingerprint density at radius 1 is 1.24 bits per heavy atom. The van der Waals surface area contributed by atoms with Crippen LogP contribution >= 0.6 is 11.3 Å². The number of rotatable bonds is 6. The van der Waals surface area contributed by atoms with Gasteiger partial charge in [-0.3, -0.25) is 4.90 Å². The summed E-state index contributed by atoms with van der Waals surface area (Å²) in [6, 6.07) is 1.81. The normalized spacial score (nSPS) is 22.2. The van der Waals surface area contributed by atoms with Crippen LogP contribution in [0.15, 0.2) is 23.8 Å². The summed E-state index contributed by atoms with van der Waals surface area (Å²) in [4.78, 5) is 15.7.